The molecule has 1 aromatic rings. The fourth-order valence-corrected chi connectivity index (χ4v) is 1.85. The highest BCUT2D eigenvalue weighted by atomic mass is 16.5. The second-order valence-electron chi connectivity index (χ2n) is 4.44. The van der Waals surface area contributed by atoms with E-state index in [0.717, 1.165) is 5.56 Å². The summed E-state index contributed by atoms with van der Waals surface area (Å²) in [6, 6.07) is 5.25. The molecule has 0 saturated carbocycles. The van der Waals surface area contributed by atoms with Crippen LogP contribution in [0.25, 0.3) is 0 Å². The first-order valence-corrected chi connectivity index (χ1v) is 6.70. The van der Waals surface area contributed by atoms with E-state index in [1.54, 1.807) is 21.3 Å². The van der Waals surface area contributed by atoms with E-state index in [9.17, 15) is 4.79 Å². The summed E-state index contributed by atoms with van der Waals surface area (Å²) in [5.41, 5.74) is 0.849. The van der Waals surface area contributed by atoms with Gasteiger partial charge in [0.2, 0.25) is 5.91 Å². The number of ether oxygens (including phenoxy) is 4. The summed E-state index contributed by atoms with van der Waals surface area (Å²) in [5, 5.41) is 2.86. The van der Waals surface area contributed by atoms with Crippen molar-refractivity contribution in [3.8, 4) is 11.5 Å². The van der Waals surface area contributed by atoms with Gasteiger partial charge in [-0.05, 0) is 25.1 Å². The molecule has 0 spiro atoms. The Labute approximate surface area is 125 Å². The number of hydrogen-bond donors (Lipinski definition) is 1. The van der Waals surface area contributed by atoms with Crippen LogP contribution in [0.2, 0.25) is 0 Å². The summed E-state index contributed by atoms with van der Waals surface area (Å²) < 4.78 is 20.5. The fourth-order valence-electron chi connectivity index (χ4n) is 1.85. The summed E-state index contributed by atoms with van der Waals surface area (Å²) >= 11 is 0. The molecule has 1 aromatic carbocycles. The molecule has 0 aliphatic rings. The van der Waals surface area contributed by atoms with Crippen LogP contribution in [0.5, 0.6) is 11.5 Å². The lowest BCUT2D eigenvalue weighted by atomic mass is 10.1. The van der Waals surface area contributed by atoms with Crippen molar-refractivity contribution in [3.63, 3.8) is 0 Å². The Balaban J connectivity index is 2.61. The predicted molar refractivity (Wildman–Crippen MR) is 78.8 cm³/mol. The van der Waals surface area contributed by atoms with E-state index in [0.29, 0.717) is 24.7 Å². The first-order chi connectivity index (χ1) is 10.1. The van der Waals surface area contributed by atoms with Crippen molar-refractivity contribution in [2.24, 2.45) is 0 Å². The van der Waals surface area contributed by atoms with Gasteiger partial charge in [0.25, 0.3) is 0 Å². The third kappa shape index (κ3) is 5.61. The smallest absolute Gasteiger partial charge is 0.246 e. The van der Waals surface area contributed by atoms with Crippen LogP contribution in [-0.2, 0) is 14.3 Å². The summed E-state index contributed by atoms with van der Waals surface area (Å²) in [6.07, 6.45) is 0. The molecule has 1 amide bonds. The molecule has 0 aliphatic carbocycles. The van der Waals surface area contributed by atoms with Gasteiger partial charge < -0.3 is 24.3 Å². The van der Waals surface area contributed by atoms with Crippen LogP contribution in [0.1, 0.15) is 18.5 Å². The molecular formula is C15H23NO5. The Morgan fingerprint density at radius 1 is 1.19 bits per heavy atom. The number of benzene rings is 1. The predicted octanol–water partition coefficient (Wildman–Crippen LogP) is 1.54. The van der Waals surface area contributed by atoms with Gasteiger partial charge in [-0.15, -0.1) is 0 Å². The van der Waals surface area contributed by atoms with Gasteiger partial charge in [-0.25, -0.2) is 0 Å². The molecule has 0 radical (unpaired) electrons. The standard InChI is InChI=1S/C15H23NO5/c1-11(16-15(17)10-21-8-7-18-2)13-9-12(19-3)5-6-14(13)20-4/h5-6,9,11H,7-8,10H2,1-4H3,(H,16,17)/t11-/m1/s1. The Hall–Kier alpha value is -1.79. The van der Waals surface area contributed by atoms with Crippen molar-refractivity contribution in [3.05, 3.63) is 23.8 Å². The molecule has 6 heteroatoms. The normalized spacial score (nSPS) is 11.8. The maximum Gasteiger partial charge on any atom is 0.246 e. The summed E-state index contributed by atoms with van der Waals surface area (Å²) in [5.74, 6) is 1.22. The van der Waals surface area contributed by atoms with Crippen LogP contribution in [0.15, 0.2) is 18.2 Å². The minimum atomic E-state index is -0.214. The van der Waals surface area contributed by atoms with E-state index in [2.05, 4.69) is 5.32 Å². The Morgan fingerprint density at radius 3 is 2.57 bits per heavy atom. The fraction of sp³-hybridized carbons (Fsp3) is 0.533. The molecule has 0 unspecified atom stereocenters. The molecule has 1 atom stereocenters. The highest BCUT2D eigenvalue weighted by Gasteiger charge is 2.15. The molecule has 0 aromatic heterocycles. The average Bonchev–Trinajstić information content (AvgIpc) is 2.50. The number of nitrogens with one attached hydrogen (secondary N) is 1. The molecule has 0 bridgehead atoms. The monoisotopic (exact) mass is 297 g/mol. The van der Waals surface area contributed by atoms with Crippen molar-refractivity contribution in [1.29, 1.82) is 0 Å². The second-order valence-corrected chi connectivity index (χ2v) is 4.44. The van der Waals surface area contributed by atoms with Crippen LogP contribution >= 0.6 is 0 Å². The number of carbonyl (C=O) groups is 1. The summed E-state index contributed by atoms with van der Waals surface area (Å²) in [6.45, 7) is 2.73. The van der Waals surface area contributed by atoms with Gasteiger partial charge in [-0.3, -0.25) is 4.79 Å². The maximum atomic E-state index is 11.8. The number of rotatable bonds is 9. The zero-order chi connectivity index (χ0) is 15.7. The molecule has 1 rings (SSSR count). The quantitative estimate of drug-likeness (QED) is 0.700. The van der Waals surface area contributed by atoms with Gasteiger partial charge in [-0.1, -0.05) is 0 Å². The first kappa shape index (κ1) is 17.3. The van der Waals surface area contributed by atoms with E-state index < -0.39 is 0 Å². The highest BCUT2D eigenvalue weighted by Crippen LogP contribution is 2.29. The molecular weight excluding hydrogens is 274 g/mol. The first-order valence-electron chi connectivity index (χ1n) is 6.70. The van der Waals surface area contributed by atoms with E-state index in [1.165, 1.54) is 0 Å². The molecule has 0 heterocycles. The number of hydrogen-bond acceptors (Lipinski definition) is 5. The van der Waals surface area contributed by atoms with Gasteiger partial charge in [0.05, 0.1) is 33.5 Å². The minimum absolute atomic E-state index is 0.0000159. The number of methoxy groups -OCH3 is 3. The zero-order valence-corrected chi connectivity index (χ0v) is 13.0. The van der Waals surface area contributed by atoms with Crippen LogP contribution in [-0.4, -0.2) is 47.1 Å². The Morgan fingerprint density at radius 2 is 1.95 bits per heavy atom. The van der Waals surface area contributed by atoms with Crippen molar-refractivity contribution >= 4 is 5.91 Å². The van der Waals surface area contributed by atoms with Gasteiger partial charge >= 0.3 is 0 Å². The van der Waals surface area contributed by atoms with Gasteiger partial charge in [0, 0.05) is 12.7 Å². The lowest BCUT2D eigenvalue weighted by Gasteiger charge is -2.18. The molecule has 6 nitrogen and oxygen atoms in total. The average molecular weight is 297 g/mol. The van der Waals surface area contributed by atoms with E-state index in [-0.39, 0.29) is 18.6 Å². The zero-order valence-electron chi connectivity index (χ0n) is 13.0. The highest BCUT2D eigenvalue weighted by molar-refractivity contribution is 5.77. The van der Waals surface area contributed by atoms with Gasteiger partial charge in [-0.2, -0.15) is 0 Å². The Bertz CT molecular complexity index is 450. The molecule has 21 heavy (non-hydrogen) atoms. The molecule has 0 fully saturated rings. The largest absolute Gasteiger partial charge is 0.497 e. The third-order valence-corrected chi connectivity index (χ3v) is 2.95. The maximum absolute atomic E-state index is 11.8. The van der Waals surface area contributed by atoms with Crippen molar-refractivity contribution in [2.75, 3.05) is 41.2 Å². The topological polar surface area (TPSA) is 66.0 Å². The lowest BCUT2D eigenvalue weighted by Crippen LogP contribution is -2.30. The van der Waals surface area contributed by atoms with E-state index in [4.69, 9.17) is 18.9 Å². The van der Waals surface area contributed by atoms with Crippen LogP contribution in [0.3, 0.4) is 0 Å². The van der Waals surface area contributed by atoms with Crippen LogP contribution in [0, 0.1) is 0 Å². The summed E-state index contributed by atoms with van der Waals surface area (Å²) in [4.78, 5) is 11.8. The molecule has 0 aliphatic heterocycles. The lowest BCUT2D eigenvalue weighted by molar-refractivity contribution is -0.126. The number of amides is 1. The third-order valence-electron chi connectivity index (χ3n) is 2.95. The van der Waals surface area contributed by atoms with Crippen molar-refractivity contribution in [2.45, 2.75) is 13.0 Å². The SMILES string of the molecule is COCCOCC(=O)N[C@H](C)c1cc(OC)ccc1OC. The van der Waals surface area contributed by atoms with Crippen molar-refractivity contribution in [1.82, 2.24) is 5.32 Å². The van der Waals surface area contributed by atoms with Crippen LogP contribution < -0.4 is 14.8 Å². The van der Waals surface area contributed by atoms with Crippen LogP contribution in [0.4, 0.5) is 0 Å². The summed E-state index contributed by atoms with van der Waals surface area (Å²) in [7, 11) is 4.77. The molecule has 118 valence electrons. The number of carbonyl (C=O) groups excluding carboxylic acids is 1. The molecule has 1 N–H and O–H groups in total. The van der Waals surface area contributed by atoms with E-state index >= 15 is 0 Å². The Kier molecular flexibility index (Phi) is 7.56. The van der Waals surface area contributed by atoms with E-state index in [1.807, 2.05) is 25.1 Å². The second kappa shape index (κ2) is 9.20. The minimum Gasteiger partial charge on any atom is -0.497 e. The van der Waals surface area contributed by atoms with Crippen molar-refractivity contribution < 1.29 is 23.7 Å². The van der Waals surface area contributed by atoms with Gasteiger partial charge in [0.1, 0.15) is 18.1 Å². The van der Waals surface area contributed by atoms with Gasteiger partial charge in [0.15, 0.2) is 0 Å². The molecule has 0 saturated heterocycles.